The van der Waals surface area contributed by atoms with E-state index in [1.54, 1.807) is 18.0 Å². The average Bonchev–Trinajstić information content (AvgIpc) is 2.57. The Morgan fingerprint density at radius 3 is 2.71 bits per heavy atom. The van der Waals surface area contributed by atoms with Crippen LogP contribution >= 0.6 is 11.8 Å². The Labute approximate surface area is 147 Å². The predicted molar refractivity (Wildman–Crippen MR) is 100 cm³/mol. The first-order valence-corrected chi connectivity index (χ1v) is 9.24. The second-order valence-corrected chi connectivity index (χ2v) is 7.01. The van der Waals surface area contributed by atoms with Gasteiger partial charge >= 0.3 is 0 Å². The van der Waals surface area contributed by atoms with Gasteiger partial charge in [0, 0.05) is 23.6 Å². The van der Waals surface area contributed by atoms with Crippen molar-refractivity contribution in [2.75, 3.05) is 17.7 Å². The van der Waals surface area contributed by atoms with Gasteiger partial charge in [0.2, 0.25) is 5.91 Å². The topological polar surface area (TPSA) is 62.2 Å². The molecule has 1 aromatic heterocycles. The molecule has 0 aliphatic rings. The number of carbonyl (C=O) groups is 1. The summed E-state index contributed by atoms with van der Waals surface area (Å²) >= 11 is 1.65. The highest BCUT2D eigenvalue weighted by molar-refractivity contribution is 7.98. The number of anilines is 1. The summed E-state index contributed by atoms with van der Waals surface area (Å²) in [5, 5.41) is 11.7. The van der Waals surface area contributed by atoms with Crippen molar-refractivity contribution in [2.24, 2.45) is 5.92 Å². The second kappa shape index (κ2) is 9.45. The van der Waals surface area contributed by atoms with Crippen molar-refractivity contribution >= 4 is 23.5 Å². The molecule has 2 rings (SSSR count). The smallest absolute Gasteiger partial charge is 0.228 e. The number of aliphatic hydroxyl groups is 1. The average molecular weight is 344 g/mol. The highest BCUT2D eigenvalue weighted by Gasteiger charge is 2.14. The Balaban J connectivity index is 1.90. The van der Waals surface area contributed by atoms with E-state index in [0.717, 1.165) is 16.9 Å². The van der Waals surface area contributed by atoms with E-state index in [0.29, 0.717) is 18.0 Å². The molecule has 2 N–H and O–H groups in total. The molecule has 0 aliphatic heterocycles. The highest BCUT2D eigenvalue weighted by Crippen LogP contribution is 2.16. The molecule has 1 heterocycles. The SMILES string of the molecule is Cc1ccc(CC(C)C(=O)Nc2cc(CSCCO)ccn2)cc1. The molecule has 1 atom stereocenters. The van der Waals surface area contributed by atoms with Gasteiger partial charge in [-0.15, -0.1) is 0 Å². The summed E-state index contributed by atoms with van der Waals surface area (Å²) in [6.45, 7) is 4.16. The number of pyridine rings is 1. The Hall–Kier alpha value is -1.85. The first kappa shape index (κ1) is 18.5. The summed E-state index contributed by atoms with van der Waals surface area (Å²) in [6, 6.07) is 12.1. The number of aromatic nitrogens is 1. The van der Waals surface area contributed by atoms with Gasteiger partial charge < -0.3 is 10.4 Å². The number of nitrogens with zero attached hydrogens (tertiary/aromatic N) is 1. The summed E-state index contributed by atoms with van der Waals surface area (Å²) < 4.78 is 0. The van der Waals surface area contributed by atoms with Crippen LogP contribution in [0.1, 0.15) is 23.6 Å². The van der Waals surface area contributed by atoms with E-state index < -0.39 is 0 Å². The van der Waals surface area contributed by atoms with Crippen molar-refractivity contribution in [3.63, 3.8) is 0 Å². The van der Waals surface area contributed by atoms with Gasteiger partial charge in [0.05, 0.1) is 6.61 Å². The van der Waals surface area contributed by atoms with Crippen LogP contribution in [-0.2, 0) is 17.0 Å². The molecular weight excluding hydrogens is 320 g/mol. The first-order chi connectivity index (χ1) is 11.6. The van der Waals surface area contributed by atoms with E-state index in [1.807, 2.05) is 19.1 Å². The number of amides is 1. The lowest BCUT2D eigenvalue weighted by atomic mass is 9.99. The van der Waals surface area contributed by atoms with Crippen LogP contribution in [0.5, 0.6) is 0 Å². The fourth-order valence-electron chi connectivity index (χ4n) is 2.31. The van der Waals surface area contributed by atoms with Crippen molar-refractivity contribution in [3.8, 4) is 0 Å². The normalized spacial score (nSPS) is 12.0. The molecule has 0 bridgehead atoms. The third kappa shape index (κ3) is 5.98. The number of hydrogen-bond donors (Lipinski definition) is 2. The molecule has 5 heteroatoms. The summed E-state index contributed by atoms with van der Waals surface area (Å²) in [5.74, 6) is 1.94. The van der Waals surface area contributed by atoms with Crippen LogP contribution in [0.25, 0.3) is 0 Å². The van der Waals surface area contributed by atoms with Crippen LogP contribution in [0, 0.1) is 12.8 Å². The quantitative estimate of drug-likeness (QED) is 0.720. The molecule has 0 saturated carbocycles. The van der Waals surface area contributed by atoms with E-state index >= 15 is 0 Å². The maximum atomic E-state index is 12.4. The number of benzene rings is 1. The molecule has 4 nitrogen and oxygen atoms in total. The van der Waals surface area contributed by atoms with Crippen LogP contribution in [0.15, 0.2) is 42.6 Å². The van der Waals surface area contributed by atoms with E-state index in [9.17, 15) is 4.79 Å². The number of carbonyl (C=O) groups excluding carboxylic acids is 1. The summed E-state index contributed by atoms with van der Waals surface area (Å²) in [6.07, 6.45) is 2.41. The zero-order valence-corrected chi connectivity index (χ0v) is 15.0. The lowest BCUT2D eigenvalue weighted by molar-refractivity contribution is -0.119. The van der Waals surface area contributed by atoms with Gasteiger partial charge in [-0.05, 0) is 36.6 Å². The lowest BCUT2D eigenvalue weighted by Crippen LogP contribution is -2.22. The lowest BCUT2D eigenvalue weighted by Gasteiger charge is -2.12. The maximum Gasteiger partial charge on any atom is 0.228 e. The van der Waals surface area contributed by atoms with Gasteiger partial charge in [-0.1, -0.05) is 36.8 Å². The molecule has 24 heavy (non-hydrogen) atoms. The van der Waals surface area contributed by atoms with Crippen LogP contribution in [0.4, 0.5) is 5.82 Å². The van der Waals surface area contributed by atoms with Crippen molar-refractivity contribution in [2.45, 2.75) is 26.0 Å². The van der Waals surface area contributed by atoms with Gasteiger partial charge in [-0.25, -0.2) is 4.98 Å². The van der Waals surface area contributed by atoms with Crippen molar-refractivity contribution in [1.29, 1.82) is 0 Å². The zero-order valence-electron chi connectivity index (χ0n) is 14.2. The second-order valence-electron chi connectivity index (χ2n) is 5.91. The molecule has 128 valence electrons. The Bertz CT molecular complexity index is 659. The summed E-state index contributed by atoms with van der Waals surface area (Å²) in [4.78, 5) is 16.6. The van der Waals surface area contributed by atoms with E-state index in [4.69, 9.17) is 5.11 Å². The van der Waals surface area contributed by atoms with Crippen LogP contribution in [-0.4, -0.2) is 28.4 Å². The molecule has 1 aromatic carbocycles. The summed E-state index contributed by atoms with van der Waals surface area (Å²) in [7, 11) is 0. The minimum atomic E-state index is -0.123. The largest absolute Gasteiger partial charge is 0.396 e. The van der Waals surface area contributed by atoms with Crippen LogP contribution in [0.3, 0.4) is 0 Å². The number of nitrogens with one attached hydrogen (secondary N) is 1. The van der Waals surface area contributed by atoms with Crippen LogP contribution < -0.4 is 5.32 Å². The fraction of sp³-hybridized carbons (Fsp3) is 0.368. The van der Waals surface area contributed by atoms with Gasteiger partial charge in [-0.2, -0.15) is 11.8 Å². The number of aryl methyl sites for hydroxylation is 1. The Kier molecular flexibility index (Phi) is 7.28. The minimum absolute atomic E-state index is 0.0248. The van der Waals surface area contributed by atoms with Crippen molar-refractivity contribution in [1.82, 2.24) is 4.98 Å². The van der Waals surface area contributed by atoms with E-state index in [2.05, 4.69) is 41.5 Å². The van der Waals surface area contributed by atoms with Gasteiger partial charge in [-0.3, -0.25) is 4.79 Å². The van der Waals surface area contributed by atoms with E-state index in [-0.39, 0.29) is 18.4 Å². The maximum absolute atomic E-state index is 12.4. The molecule has 0 radical (unpaired) electrons. The van der Waals surface area contributed by atoms with E-state index in [1.165, 1.54) is 5.56 Å². The van der Waals surface area contributed by atoms with Crippen LogP contribution in [0.2, 0.25) is 0 Å². The Morgan fingerprint density at radius 1 is 1.25 bits per heavy atom. The number of hydrogen-bond acceptors (Lipinski definition) is 4. The number of rotatable bonds is 8. The third-order valence-corrected chi connectivity index (χ3v) is 4.70. The Morgan fingerprint density at radius 2 is 2.00 bits per heavy atom. The zero-order chi connectivity index (χ0) is 17.4. The molecule has 0 fully saturated rings. The minimum Gasteiger partial charge on any atom is -0.396 e. The standard InChI is InChI=1S/C19H24N2O2S/c1-14-3-5-16(6-4-14)11-15(2)19(23)21-18-12-17(7-8-20-18)13-24-10-9-22/h3-8,12,15,22H,9-11,13H2,1-2H3,(H,20,21,23). The van der Waals surface area contributed by atoms with Gasteiger partial charge in [0.1, 0.15) is 5.82 Å². The molecular formula is C19H24N2O2S. The molecule has 0 spiro atoms. The first-order valence-electron chi connectivity index (χ1n) is 8.08. The molecule has 2 aromatic rings. The fourth-order valence-corrected chi connectivity index (χ4v) is 3.00. The summed E-state index contributed by atoms with van der Waals surface area (Å²) in [5.41, 5.74) is 3.46. The molecule has 1 unspecified atom stereocenters. The van der Waals surface area contributed by atoms with Crippen molar-refractivity contribution in [3.05, 3.63) is 59.3 Å². The van der Waals surface area contributed by atoms with Gasteiger partial charge in [0.25, 0.3) is 0 Å². The number of thioether (sulfide) groups is 1. The third-order valence-electron chi connectivity index (χ3n) is 3.69. The molecule has 0 aliphatic carbocycles. The van der Waals surface area contributed by atoms with Crippen molar-refractivity contribution < 1.29 is 9.90 Å². The molecule has 1 amide bonds. The monoisotopic (exact) mass is 344 g/mol. The molecule has 0 saturated heterocycles. The number of aliphatic hydroxyl groups excluding tert-OH is 1. The predicted octanol–water partition coefficient (Wildman–Crippen LogP) is 3.43. The highest BCUT2D eigenvalue weighted by atomic mass is 32.2. The van der Waals surface area contributed by atoms with Gasteiger partial charge in [0.15, 0.2) is 0 Å².